The first-order valence-corrected chi connectivity index (χ1v) is 8.37. The van der Waals surface area contributed by atoms with Crippen LogP contribution in [0.5, 0.6) is 0 Å². The lowest BCUT2D eigenvalue weighted by molar-refractivity contribution is -0.188. The summed E-state index contributed by atoms with van der Waals surface area (Å²) in [5.74, 6) is 0.832. The molecule has 3 saturated heterocycles. The van der Waals surface area contributed by atoms with Crippen molar-refractivity contribution in [3.8, 4) is 0 Å². The number of likely N-dealkylation sites (tertiary alicyclic amines) is 2. The molecule has 5 heteroatoms. The Morgan fingerprint density at radius 1 is 1.19 bits per heavy atom. The summed E-state index contributed by atoms with van der Waals surface area (Å²) in [5, 5.41) is 0. The van der Waals surface area contributed by atoms with Crippen LogP contribution in [0.4, 0.5) is 0 Å². The van der Waals surface area contributed by atoms with Crippen molar-refractivity contribution in [3.63, 3.8) is 0 Å². The average molecular weight is 296 g/mol. The van der Waals surface area contributed by atoms with Gasteiger partial charge in [-0.15, -0.1) is 0 Å². The Labute approximate surface area is 127 Å². The zero-order chi connectivity index (χ0) is 14.9. The topological polar surface area (TPSA) is 42.0 Å². The van der Waals surface area contributed by atoms with Crippen molar-refractivity contribution < 1.29 is 14.3 Å². The lowest BCUT2D eigenvalue weighted by Gasteiger charge is -2.38. The Morgan fingerprint density at radius 3 is 2.48 bits per heavy atom. The van der Waals surface area contributed by atoms with E-state index in [0.29, 0.717) is 25.0 Å². The number of carbonyl (C=O) groups excluding carboxylic acids is 1. The lowest BCUT2D eigenvalue weighted by atomic mass is 10.0. The predicted molar refractivity (Wildman–Crippen MR) is 79.8 cm³/mol. The average Bonchev–Trinajstić information content (AvgIpc) is 3.09. The normalized spacial score (nSPS) is 29.7. The quantitative estimate of drug-likeness (QED) is 0.788. The van der Waals surface area contributed by atoms with Crippen LogP contribution in [0.2, 0.25) is 0 Å². The number of hydrogen-bond acceptors (Lipinski definition) is 4. The SMILES string of the molecule is CC(C)CN1CCC(C(=O)N2CCC3(CC2)OCCO3)C1. The van der Waals surface area contributed by atoms with Gasteiger partial charge in [-0.2, -0.15) is 0 Å². The molecule has 0 aromatic heterocycles. The third kappa shape index (κ3) is 3.41. The molecule has 0 bridgehead atoms. The highest BCUT2D eigenvalue weighted by Gasteiger charge is 2.42. The van der Waals surface area contributed by atoms with E-state index in [1.165, 1.54) is 0 Å². The molecule has 3 aliphatic rings. The number of amides is 1. The summed E-state index contributed by atoms with van der Waals surface area (Å²) in [7, 11) is 0. The monoisotopic (exact) mass is 296 g/mol. The fourth-order valence-electron chi connectivity index (χ4n) is 3.83. The largest absolute Gasteiger partial charge is 0.347 e. The molecule has 5 nitrogen and oxygen atoms in total. The molecule has 21 heavy (non-hydrogen) atoms. The Kier molecular flexibility index (Phi) is 4.52. The third-order valence-electron chi connectivity index (χ3n) is 4.90. The van der Waals surface area contributed by atoms with Gasteiger partial charge in [0.1, 0.15) is 0 Å². The van der Waals surface area contributed by atoms with E-state index in [1.807, 2.05) is 4.90 Å². The van der Waals surface area contributed by atoms with Gasteiger partial charge in [0.05, 0.1) is 19.1 Å². The summed E-state index contributed by atoms with van der Waals surface area (Å²) in [6, 6.07) is 0. The van der Waals surface area contributed by atoms with Crippen LogP contribution in [0.3, 0.4) is 0 Å². The summed E-state index contributed by atoms with van der Waals surface area (Å²) in [6.07, 6.45) is 2.66. The fraction of sp³-hybridized carbons (Fsp3) is 0.938. The molecule has 0 N–H and O–H groups in total. The molecule has 1 atom stereocenters. The highest BCUT2D eigenvalue weighted by atomic mass is 16.7. The summed E-state index contributed by atoms with van der Waals surface area (Å²) >= 11 is 0. The second-order valence-electron chi connectivity index (χ2n) is 7.07. The van der Waals surface area contributed by atoms with E-state index in [4.69, 9.17) is 9.47 Å². The number of piperidine rings is 1. The molecule has 0 aromatic rings. The Morgan fingerprint density at radius 2 is 1.86 bits per heavy atom. The molecule has 3 heterocycles. The first-order chi connectivity index (χ1) is 10.1. The van der Waals surface area contributed by atoms with Crippen LogP contribution in [-0.2, 0) is 14.3 Å². The molecular formula is C16H28N2O3. The molecule has 0 radical (unpaired) electrons. The zero-order valence-corrected chi connectivity index (χ0v) is 13.3. The standard InChI is InChI=1S/C16H28N2O3/c1-13(2)11-17-6-3-14(12-17)15(19)18-7-4-16(5-8-18)20-9-10-21-16/h13-14H,3-12H2,1-2H3. The smallest absolute Gasteiger partial charge is 0.227 e. The van der Waals surface area contributed by atoms with Crippen LogP contribution in [0.15, 0.2) is 0 Å². The first-order valence-electron chi connectivity index (χ1n) is 8.37. The highest BCUT2D eigenvalue weighted by molar-refractivity contribution is 5.79. The molecule has 1 unspecified atom stereocenters. The molecule has 1 spiro atoms. The summed E-state index contributed by atoms with van der Waals surface area (Å²) in [6.45, 7) is 10.5. The van der Waals surface area contributed by atoms with Gasteiger partial charge in [-0.05, 0) is 18.9 Å². The Balaban J connectivity index is 1.48. The minimum atomic E-state index is -0.379. The van der Waals surface area contributed by atoms with E-state index < -0.39 is 0 Å². The van der Waals surface area contributed by atoms with Gasteiger partial charge in [0, 0.05) is 39.0 Å². The number of carbonyl (C=O) groups is 1. The summed E-state index contributed by atoms with van der Waals surface area (Å²) in [4.78, 5) is 17.1. The lowest BCUT2D eigenvalue weighted by Crippen LogP contribution is -2.49. The van der Waals surface area contributed by atoms with Crippen molar-refractivity contribution in [1.82, 2.24) is 9.80 Å². The molecule has 120 valence electrons. The second-order valence-corrected chi connectivity index (χ2v) is 7.07. The van der Waals surface area contributed by atoms with Gasteiger partial charge in [-0.1, -0.05) is 13.8 Å². The maximum atomic E-state index is 12.7. The maximum absolute atomic E-state index is 12.7. The molecule has 0 aromatic carbocycles. The van der Waals surface area contributed by atoms with Gasteiger partial charge < -0.3 is 19.3 Å². The predicted octanol–water partition coefficient (Wildman–Crippen LogP) is 1.33. The van der Waals surface area contributed by atoms with E-state index in [-0.39, 0.29) is 11.7 Å². The van der Waals surface area contributed by atoms with Crippen LogP contribution in [0, 0.1) is 11.8 Å². The van der Waals surface area contributed by atoms with Crippen LogP contribution in [-0.4, -0.2) is 67.4 Å². The maximum Gasteiger partial charge on any atom is 0.227 e. The number of hydrogen-bond donors (Lipinski definition) is 0. The molecule has 0 saturated carbocycles. The number of nitrogens with zero attached hydrogens (tertiary/aromatic N) is 2. The number of ether oxygens (including phenoxy) is 2. The molecule has 3 fully saturated rings. The van der Waals surface area contributed by atoms with Crippen molar-refractivity contribution in [3.05, 3.63) is 0 Å². The minimum Gasteiger partial charge on any atom is -0.347 e. The van der Waals surface area contributed by atoms with Crippen molar-refractivity contribution in [1.29, 1.82) is 0 Å². The molecule has 3 aliphatic heterocycles. The van der Waals surface area contributed by atoms with Crippen molar-refractivity contribution in [2.45, 2.75) is 38.9 Å². The Bertz CT molecular complexity index is 370. The van der Waals surface area contributed by atoms with Crippen LogP contribution >= 0.6 is 0 Å². The van der Waals surface area contributed by atoms with Gasteiger partial charge in [0.15, 0.2) is 5.79 Å². The van der Waals surface area contributed by atoms with Gasteiger partial charge in [0.25, 0.3) is 0 Å². The molecular weight excluding hydrogens is 268 g/mol. The molecule has 1 amide bonds. The van der Waals surface area contributed by atoms with E-state index in [2.05, 4.69) is 18.7 Å². The molecule has 3 rings (SSSR count). The van der Waals surface area contributed by atoms with Gasteiger partial charge >= 0.3 is 0 Å². The second kappa shape index (κ2) is 6.23. The van der Waals surface area contributed by atoms with Gasteiger partial charge in [0.2, 0.25) is 5.91 Å². The van der Waals surface area contributed by atoms with Crippen LogP contribution in [0.25, 0.3) is 0 Å². The molecule has 0 aliphatic carbocycles. The van der Waals surface area contributed by atoms with Gasteiger partial charge in [-0.3, -0.25) is 4.79 Å². The third-order valence-corrected chi connectivity index (χ3v) is 4.90. The number of rotatable bonds is 3. The van der Waals surface area contributed by atoms with E-state index in [9.17, 15) is 4.79 Å². The minimum absolute atomic E-state index is 0.197. The van der Waals surface area contributed by atoms with Crippen LogP contribution < -0.4 is 0 Å². The van der Waals surface area contributed by atoms with E-state index in [1.54, 1.807) is 0 Å². The summed E-state index contributed by atoms with van der Waals surface area (Å²) in [5.41, 5.74) is 0. The van der Waals surface area contributed by atoms with Gasteiger partial charge in [-0.25, -0.2) is 0 Å². The van der Waals surface area contributed by atoms with Crippen molar-refractivity contribution in [2.24, 2.45) is 11.8 Å². The van der Waals surface area contributed by atoms with Crippen molar-refractivity contribution >= 4 is 5.91 Å². The van der Waals surface area contributed by atoms with Crippen molar-refractivity contribution in [2.75, 3.05) is 45.9 Å². The first kappa shape index (κ1) is 15.3. The highest BCUT2D eigenvalue weighted by Crippen LogP contribution is 2.32. The zero-order valence-electron chi connectivity index (χ0n) is 13.3. The summed E-state index contributed by atoms with van der Waals surface area (Å²) < 4.78 is 11.5. The van der Waals surface area contributed by atoms with E-state index in [0.717, 1.165) is 52.0 Å². The van der Waals surface area contributed by atoms with E-state index >= 15 is 0 Å². The fourth-order valence-corrected chi connectivity index (χ4v) is 3.83. The van der Waals surface area contributed by atoms with Crippen LogP contribution in [0.1, 0.15) is 33.1 Å². The Hall–Kier alpha value is -0.650.